The van der Waals surface area contributed by atoms with E-state index in [4.69, 9.17) is 10.5 Å². The van der Waals surface area contributed by atoms with Gasteiger partial charge in [-0.15, -0.1) is 0 Å². The third kappa shape index (κ3) is 4.91. The Morgan fingerprint density at radius 1 is 1.00 bits per heavy atom. The summed E-state index contributed by atoms with van der Waals surface area (Å²) < 4.78 is 1.67. The second-order valence-electron chi connectivity index (χ2n) is 1.29. The molecule has 0 aliphatic heterocycles. The molecule has 0 saturated carbocycles. The van der Waals surface area contributed by atoms with Crippen LogP contribution in [0, 0.1) is 22.7 Å². The van der Waals surface area contributed by atoms with Gasteiger partial charge >= 0.3 is 134 Å². The van der Waals surface area contributed by atoms with Crippen LogP contribution in [0.1, 0.15) is 0 Å². The molecule has 0 spiro atoms. The summed E-state index contributed by atoms with van der Waals surface area (Å²) >= 11 is 1.46. The van der Waals surface area contributed by atoms with Crippen molar-refractivity contribution >= 4 is 102 Å². The van der Waals surface area contributed by atoms with E-state index in [0.717, 1.165) is 99.7 Å². The van der Waals surface area contributed by atoms with Crippen LogP contribution >= 0.6 is 0 Å². The summed E-state index contributed by atoms with van der Waals surface area (Å²) in [5.41, 5.74) is 0.791. The van der Waals surface area contributed by atoms with E-state index in [1.54, 1.807) is 0 Å². The molecule has 0 atom stereocenters. The molecule has 0 rings (SSSR count). The van der Waals surface area contributed by atoms with E-state index < -0.39 is 0 Å². The van der Waals surface area contributed by atoms with Crippen molar-refractivity contribution in [1.29, 1.82) is 10.5 Å². The van der Waals surface area contributed by atoms with E-state index in [0.29, 0.717) is 11.2 Å². The maximum atomic E-state index is 8.58. The van der Waals surface area contributed by atoms with E-state index >= 15 is 0 Å². The Kier molecular flexibility index (Phi) is 11.2. The summed E-state index contributed by atoms with van der Waals surface area (Å²) in [6, 6.07) is 4.26. The SMILES string of the molecule is N#CC([Se][K])=C(C#N)[Se][K]. The van der Waals surface area contributed by atoms with Crippen molar-refractivity contribution in [2.45, 2.75) is 0 Å². The molecule has 0 unspecified atom stereocenters. The van der Waals surface area contributed by atoms with Gasteiger partial charge in [0.05, 0.1) is 0 Å². The number of hydrogen-bond acceptors (Lipinski definition) is 2. The molecule has 40 valence electrons. The number of rotatable bonds is 2. The van der Waals surface area contributed by atoms with Crippen LogP contribution < -0.4 is 0 Å². The summed E-state index contributed by atoms with van der Waals surface area (Å²) in [5.74, 6) is 0. The Morgan fingerprint density at radius 3 is 1.40 bits per heavy atom. The fourth-order valence-electron chi connectivity index (χ4n) is 0.378. The van der Waals surface area contributed by atoms with Crippen LogP contribution in [-0.2, 0) is 0 Å². The van der Waals surface area contributed by atoms with E-state index in [9.17, 15) is 0 Å². The van der Waals surface area contributed by atoms with Crippen molar-refractivity contribution in [3.05, 3.63) is 8.94 Å². The summed E-state index contributed by atoms with van der Waals surface area (Å²) in [6.45, 7) is 0. The van der Waals surface area contributed by atoms with E-state index in [1.807, 2.05) is 0 Å². The Labute approximate surface area is 129 Å². The third-order valence-corrected chi connectivity index (χ3v) is 11.1. The third-order valence-electron chi connectivity index (χ3n) is 0.818. The van der Waals surface area contributed by atoms with Crippen LogP contribution in [0.15, 0.2) is 8.94 Å². The van der Waals surface area contributed by atoms with Gasteiger partial charge in [0.1, 0.15) is 0 Å². The number of nitrogens with zero attached hydrogens (tertiary/aromatic N) is 2. The Hall–Kier alpha value is 3.03. The summed E-state index contributed by atoms with van der Waals surface area (Å²) in [7, 11) is 0. The van der Waals surface area contributed by atoms with Gasteiger partial charge in [0.25, 0.3) is 0 Å². The molecule has 0 saturated heterocycles. The number of nitriles is 2. The van der Waals surface area contributed by atoms with Gasteiger partial charge in [-0.3, -0.25) is 0 Å². The molecule has 0 radical (unpaired) electrons. The Morgan fingerprint density at radius 2 is 1.30 bits per heavy atom. The van der Waals surface area contributed by atoms with Gasteiger partial charge in [0.2, 0.25) is 0 Å². The fourth-order valence-corrected chi connectivity index (χ4v) is 13.7. The Balaban J connectivity index is 4.62. The topological polar surface area (TPSA) is 47.6 Å². The molecule has 2 nitrogen and oxygen atoms in total. The number of hydrogen-bond donors (Lipinski definition) is 0. The van der Waals surface area contributed by atoms with Crippen molar-refractivity contribution in [2.75, 3.05) is 0 Å². The second kappa shape index (κ2) is 8.62. The average Bonchev–Trinajstić information content (AvgIpc) is 2.00. The fraction of sp³-hybridized carbons (Fsp3) is 0. The minimum atomic E-state index is 0.396. The van der Waals surface area contributed by atoms with Crippen LogP contribution in [-0.4, -0.2) is 102 Å². The van der Waals surface area contributed by atoms with Crippen molar-refractivity contribution in [3.8, 4) is 12.1 Å². The van der Waals surface area contributed by atoms with Gasteiger partial charge in [-0.2, -0.15) is 0 Å². The van der Waals surface area contributed by atoms with Crippen molar-refractivity contribution < 1.29 is 0 Å². The van der Waals surface area contributed by atoms with Crippen LogP contribution in [0.5, 0.6) is 0 Å². The van der Waals surface area contributed by atoms with Crippen LogP contribution in [0.3, 0.4) is 0 Å². The van der Waals surface area contributed by atoms with Crippen LogP contribution in [0.25, 0.3) is 0 Å². The predicted molar refractivity (Wildman–Crippen MR) is 41.3 cm³/mol. The molecular weight excluding hydrogens is 312 g/mol. The molecule has 0 aliphatic carbocycles. The molecule has 0 aromatic heterocycles. The van der Waals surface area contributed by atoms with Crippen molar-refractivity contribution in [1.82, 2.24) is 0 Å². The average molecular weight is 312 g/mol. The molecular formula is C4K2N2Se2. The first-order chi connectivity index (χ1) is 4.79. The molecule has 10 heavy (non-hydrogen) atoms. The van der Waals surface area contributed by atoms with Gasteiger partial charge in [0, 0.05) is 0 Å². The quantitative estimate of drug-likeness (QED) is 0.476. The first kappa shape index (κ1) is 13.0. The summed E-state index contributed by atoms with van der Waals surface area (Å²) in [6.07, 6.45) is 0. The van der Waals surface area contributed by atoms with Gasteiger partial charge in [-0.05, 0) is 0 Å². The monoisotopic (exact) mass is 314 g/mol. The van der Waals surface area contributed by atoms with Crippen LogP contribution in [0.4, 0.5) is 0 Å². The maximum absolute atomic E-state index is 8.58. The van der Waals surface area contributed by atoms with E-state index in [1.165, 1.54) is 0 Å². The van der Waals surface area contributed by atoms with Gasteiger partial charge < -0.3 is 0 Å². The van der Waals surface area contributed by atoms with Crippen molar-refractivity contribution in [3.63, 3.8) is 0 Å². The molecule has 0 bridgehead atoms. The van der Waals surface area contributed by atoms with Crippen LogP contribution in [0.2, 0.25) is 0 Å². The minimum absolute atomic E-state index is 0.396. The summed E-state index contributed by atoms with van der Waals surface area (Å²) in [5, 5.41) is 17.2. The normalized spacial score (nSPS) is 11.4. The predicted octanol–water partition coefficient (Wildman–Crippen LogP) is -1.18. The zero-order chi connectivity index (χ0) is 7.98. The zero-order valence-electron chi connectivity index (χ0n) is 5.71. The molecule has 6 heteroatoms. The standard InChI is InChI=1S/C4H2N2Se2.2K/c5-1-3(7)4(8)2-6;;/h7-8H;;/q;2*+1/p-2. The zero-order valence-corrected chi connectivity index (χ0v) is 15.4. The molecule has 0 heterocycles. The van der Waals surface area contributed by atoms with Gasteiger partial charge in [-0.1, -0.05) is 0 Å². The van der Waals surface area contributed by atoms with Gasteiger partial charge in [-0.25, -0.2) is 0 Å². The summed E-state index contributed by atoms with van der Waals surface area (Å²) in [4.78, 5) is 0. The number of allylic oxidation sites excluding steroid dienone is 2. The van der Waals surface area contributed by atoms with E-state index in [2.05, 4.69) is 12.1 Å². The molecule has 0 aromatic rings. The molecule has 0 amide bonds. The second-order valence-corrected chi connectivity index (χ2v) is 11.3. The van der Waals surface area contributed by atoms with E-state index in [-0.39, 0.29) is 0 Å². The van der Waals surface area contributed by atoms with Crippen molar-refractivity contribution in [2.24, 2.45) is 0 Å². The molecule has 0 fully saturated rings. The Bertz CT molecular complexity index is 200. The molecule has 0 N–H and O–H groups in total. The first-order valence-corrected chi connectivity index (χ1v) is 20.8. The molecule has 0 aromatic carbocycles. The first-order valence-electron chi connectivity index (χ1n) is 2.42. The van der Waals surface area contributed by atoms with Gasteiger partial charge in [0.15, 0.2) is 0 Å². The molecule has 0 aliphatic rings.